The van der Waals surface area contributed by atoms with Gasteiger partial charge in [-0.05, 0) is 127 Å². The first kappa shape index (κ1) is 40.8. The lowest BCUT2D eigenvalue weighted by atomic mass is 9.86. The van der Waals surface area contributed by atoms with Crippen LogP contribution >= 0.6 is 11.6 Å². The highest BCUT2D eigenvalue weighted by atomic mass is 35.5. The molecule has 0 saturated carbocycles. The van der Waals surface area contributed by atoms with Crippen molar-refractivity contribution in [1.82, 2.24) is 14.9 Å². The van der Waals surface area contributed by atoms with Crippen LogP contribution in [0, 0.1) is 6.92 Å². The van der Waals surface area contributed by atoms with Crippen molar-refractivity contribution in [2.75, 3.05) is 43.5 Å². The lowest BCUT2D eigenvalue weighted by Gasteiger charge is -2.33. The number of likely N-dealkylation sites (tertiary alicyclic amines) is 1. The summed E-state index contributed by atoms with van der Waals surface area (Å²) in [5.41, 5.74) is 4.96. The van der Waals surface area contributed by atoms with Gasteiger partial charge in [0, 0.05) is 17.5 Å². The van der Waals surface area contributed by atoms with Crippen molar-refractivity contribution >= 4 is 61.5 Å². The van der Waals surface area contributed by atoms with E-state index in [0.717, 1.165) is 54.7 Å². The zero-order valence-electron chi connectivity index (χ0n) is 32.7. The number of carbonyl (C=O) groups is 1. The van der Waals surface area contributed by atoms with Gasteiger partial charge in [-0.2, -0.15) is 4.98 Å². The Morgan fingerprint density at radius 2 is 1.80 bits per heavy atom. The molecule has 3 heterocycles. The fraction of sp³-hybridized carbons (Fsp3) is 0.405. The maximum atomic E-state index is 13.1. The third kappa shape index (κ3) is 9.74. The van der Waals surface area contributed by atoms with E-state index in [1.54, 1.807) is 51.3 Å². The average molecular weight is 804 g/mol. The summed E-state index contributed by atoms with van der Waals surface area (Å²) in [7, 11) is -3.57. The van der Waals surface area contributed by atoms with E-state index >= 15 is 0 Å². The number of benzene rings is 3. The first-order valence-electron chi connectivity index (χ1n) is 19.0. The third-order valence-electron chi connectivity index (χ3n) is 9.76. The molecule has 2 N–H and O–H groups in total. The molecular weight excluding hydrogens is 754 g/mol. The van der Waals surface area contributed by atoms with Gasteiger partial charge in [0.25, 0.3) is 0 Å². The van der Waals surface area contributed by atoms with Crippen LogP contribution in [0.5, 0.6) is 11.5 Å². The van der Waals surface area contributed by atoms with E-state index in [2.05, 4.69) is 44.6 Å². The van der Waals surface area contributed by atoms with Gasteiger partial charge in [-0.3, -0.25) is 9.69 Å². The Hall–Kier alpha value is -4.85. The van der Waals surface area contributed by atoms with E-state index in [4.69, 9.17) is 30.2 Å². The fourth-order valence-corrected chi connectivity index (χ4v) is 8.18. The van der Waals surface area contributed by atoms with Gasteiger partial charge in [0.2, 0.25) is 5.95 Å². The van der Waals surface area contributed by atoms with Crippen LogP contribution in [0.15, 0.2) is 76.4 Å². The third-order valence-corrected chi connectivity index (χ3v) is 12.2. The summed E-state index contributed by atoms with van der Waals surface area (Å²) in [6.07, 6.45) is 5.16. The number of sulfone groups is 1. The zero-order chi connectivity index (χ0) is 40.0. The van der Waals surface area contributed by atoms with Crippen LogP contribution in [0.4, 0.5) is 23.1 Å². The topological polar surface area (TPSA) is 145 Å². The van der Waals surface area contributed by atoms with Crippen LogP contribution < -0.4 is 20.1 Å². The molecule has 1 aliphatic heterocycles. The number of nitrogens with zero attached hydrogens (tertiary/aromatic N) is 3. The molecule has 1 fully saturated rings. The molecule has 1 aliphatic rings. The molecule has 0 atom stereocenters. The van der Waals surface area contributed by atoms with Gasteiger partial charge in [0.05, 0.1) is 53.1 Å². The van der Waals surface area contributed by atoms with Crippen molar-refractivity contribution in [1.29, 1.82) is 0 Å². The van der Waals surface area contributed by atoms with Gasteiger partial charge in [0.1, 0.15) is 28.7 Å². The van der Waals surface area contributed by atoms with Gasteiger partial charge < -0.3 is 29.3 Å². The standard InChI is InChI=1S/C42H50ClN5O7S/c1-7-52-40(49)21-30-25-54-37-13-12-31(22-33(30)37)53-19-18-48-16-14-29(15-17-48)32-23-38(55-26(2)3)36(20-28(32)6)46-42-44-24-34(43)41(47-42)45-35-10-8-9-11-39(35)56(50,51)27(4)5/h8-13,20,22-27,29H,7,14-19,21H2,1-6H3,(H2,44,45,46,47). The number of aryl methyl sites for hydroxylation is 1. The van der Waals surface area contributed by atoms with E-state index in [0.29, 0.717) is 41.8 Å². The molecular formula is C42H50ClN5O7S. The Balaban J connectivity index is 1.10. The van der Waals surface area contributed by atoms with Crippen LogP contribution in [0.3, 0.4) is 0 Å². The van der Waals surface area contributed by atoms with E-state index in [1.165, 1.54) is 11.8 Å². The fourth-order valence-electron chi connectivity index (χ4n) is 6.84. The van der Waals surface area contributed by atoms with Crippen LogP contribution in [-0.4, -0.2) is 73.5 Å². The summed E-state index contributed by atoms with van der Waals surface area (Å²) < 4.78 is 49.3. The van der Waals surface area contributed by atoms with Crippen LogP contribution in [0.1, 0.15) is 70.1 Å². The van der Waals surface area contributed by atoms with E-state index in [1.807, 2.05) is 32.0 Å². The number of para-hydroxylation sites is 1. The van der Waals surface area contributed by atoms with E-state index < -0.39 is 15.1 Å². The number of aromatic nitrogens is 2. The molecule has 0 spiro atoms. The number of halogens is 1. The normalized spacial score (nSPS) is 14.0. The van der Waals surface area contributed by atoms with Crippen molar-refractivity contribution in [3.63, 3.8) is 0 Å². The maximum Gasteiger partial charge on any atom is 0.310 e. The summed E-state index contributed by atoms with van der Waals surface area (Å²) in [4.78, 5) is 23.7. The second-order valence-corrected chi connectivity index (χ2v) is 17.3. The summed E-state index contributed by atoms with van der Waals surface area (Å²) in [5.74, 6) is 2.06. The number of anilines is 4. The molecule has 298 valence electrons. The Morgan fingerprint density at radius 3 is 2.54 bits per heavy atom. The molecule has 0 unspecified atom stereocenters. The lowest BCUT2D eigenvalue weighted by Crippen LogP contribution is -2.36. The molecule has 1 saturated heterocycles. The largest absolute Gasteiger partial charge is 0.492 e. The minimum atomic E-state index is -3.57. The molecule has 0 radical (unpaired) electrons. The molecule has 14 heteroatoms. The number of nitrogens with one attached hydrogen (secondary N) is 2. The van der Waals surface area contributed by atoms with Crippen LogP contribution in [-0.2, 0) is 25.8 Å². The Bertz CT molecular complexity index is 2270. The Labute approximate surface area is 333 Å². The number of furan rings is 1. The monoisotopic (exact) mass is 803 g/mol. The van der Waals surface area contributed by atoms with Gasteiger partial charge in [-0.25, -0.2) is 13.4 Å². The molecule has 0 bridgehead atoms. The number of piperidine rings is 1. The highest BCUT2D eigenvalue weighted by molar-refractivity contribution is 7.92. The number of hydrogen-bond donors (Lipinski definition) is 2. The number of rotatable bonds is 16. The molecule has 12 nitrogen and oxygen atoms in total. The molecule has 3 aromatic carbocycles. The van der Waals surface area contributed by atoms with Crippen molar-refractivity contribution in [3.05, 3.63) is 88.8 Å². The van der Waals surface area contributed by atoms with E-state index in [9.17, 15) is 13.2 Å². The average Bonchev–Trinajstić information content (AvgIpc) is 3.55. The Kier molecular flexibility index (Phi) is 13.1. The highest BCUT2D eigenvalue weighted by Gasteiger charge is 2.25. The number of hydrogen-bond acceptors (Lipinski definition) is 12. The molecule has 6 rings (SSSR count). The number of esters is 1. The summed E-state index contributed by atoms with van der Waals surface area (Å²) in [5, 5.41) is 6.94. The van der Waals surface area contributed by atoms with Gasteiger partial charge in [-0.1, -0.05) is 23.7 Å². The summed E-state index contributed by atoms with van der Waals surface area (Å²) in [6, 6.07) is 16.6. The maximum absolute atomic E-state index is 13.1. The second kappa shape index (κ2) is 18.0. The number of fused-ring (bicyclic) bond motifs is 1. The highest BCUT2D eigenvalue weighted by Crippen LogP contribution is 2.39. The first-order chi connectivity index (χ1) is 26.8. The second-order valence-electron chi connectivity index (χ2n) is 14.5. The predicted octanol–water partition coefficient (Wildman–Crippen LogP) is 9.01. The molecule has 2 aromatic heterocycles. The summed E-state index contributed by atoms with van der Waals surface area (Å²) >= 11 is 6.50. The minimum absolute atomic E-state index is 0.0749. The molecule has 0 amide bonds. The molecule has 56 heavy (non-hydrogen) atoms. The van der Waals surface area contributed by atoms with E-state index in [-0.39, 0.29) is 40.2 Å². The predicted molar refractivity (Wildman–Crippen MR) is 220 cm³/mol. The quantitative estimate of drug-likeness (QED) is 0.0919. The summed E-state index contributed by atoms with van der Waals surface area (Å²) in [6.45, 7) is 14.7. The Morgan fingerprint density at radius 1 is 1.04 bits per heavy atom. The molecule has 5 aromatic rings. The van der Waals surface area contributed by atoms with Crippen molar-refractivity contribution in [3.8, 4) is 11.5 Å². The lowest BCUT2D eigenvalue weighted by molar-refractivity contribution is -0.142. The van der Waals surface area contributed by atoms with Crippen molar-refractivity contribution < 1.29 is 31.8 Å². The van der Waals surface area contributed by atoms with Crippen molar-refractivity contribution in [2.24, 2.45) is 0 Å². The number of carbonyl (C=O) groups excluding carboxylic acids is 1. The zero-order valence-corrected chi connectivity index (χ0v) is 34.3. The smallest absolute Gasteiger partial charge is 0.310 e. The first-order valence-corrected chi connectivity index (χ1v) is 21.0. The van der Waals surface area contributed by atoms with Crippen LogP contribution in [0.2, 0.25) is 5.02 Å². The number of ether oxygens (including phenoxy) is 3. The minimum Gasteiger partial charge on any atom is -0.492 e. The van der Waals surface area contributed by atoms with Crippen molar-refractivity contribution in [2.45, 2.75) is 83.0 Å². The van der Waals surface area contributed by atoms with Gasteiger partial charge in [-0.15, -0.1) is 0 Å². The van der Waals surface area contributed by atoms with Gasteiger partial charge >= 0.3 is 5.97 Å². The van der Waals surface area contributed by atoms with Crippen LogP contribution in [0.25, 0.3) is 11.0 Å². The van der Waals surface area contributed by atoms with Gasteiger partial charge in [0.15, 0.2) is 15.7 Å². The molecule has 0 aliphatic carbocycles. The SMILES string of the molecule is CCOC(=O)Cc1coc2ccc(OCCN3CCC(c4cc(OC(C)C)c(Nc5ncc(Cl)c(Nc6ccccc6S(=O)(=O)C(C)C)n5)cc4C)CC3)cc12.